The number of pyridine rings is 1. The van der Waals surface area contributed by atoms with Crippen molar-refractivity contribution >= 4 is 5.91 Å². The highest BCUT2D eigenvalue weighted by molar-refractivity contribution is 5.94. The Kier molecular flexibility index (Phi) is 3.50. The predicted molar refractivity (Wildman–Crippen MR) is 73.5 cm³/mol. The molecule has 0 saturated heterocycles. The number of fused-ring (bicyclic) bond motifs is 1. The van der Waals surface area contributed by atoms with Crippen LogP contribution in [0, 0.1) is 12.7 Å². The zero-order valence-electron chi connectivity index (χ0n) is 12.7. The molecule has 0 radical (unpaired) electrons. The molecule has 0 aromatic carbocycles. The lowest BCUT2D eigenvalue weighted by atomic mass is 10.1. The second-order valence-electron chi connectivity index (χ2n) is 5.53. The zero-order chi connectivity index (χ0) is 17.8. The molecule has 0 bridgehead atoms. The molecule has 0 N–H and O–H groups in total. The van der Waals surface area contributed by atoms with Gasteiger partial charge in [0.25, 0.3) is 11.5 Å². The first-order valence-corrected chi connectivity index (χ1v) is 6.89. The van der Waals surface area contributed by atoms with E-state index in [1.165, 1.54) is 18.9 Å². The average molecular weight is 344 g/mol. The standard InChI is InChI=1S/C14H12F4N4O2/c1-7-9-5-21(6-10(9)20(2)13(24)11(7)15)12(23)8-3-19-22(4-8)14(16,17)18/h3-4H,5-6H2,1-2H3. The highest BCUT2D eigenvalue weighted by Gasteiger charge is 2.34. The van der Waals surface area contributed by atoms with Crippen LogP contribution >= 0.6 is 0 Å². The summed E-state index contributed by atoms with van der Waals surface area (Å²) in [5.41, 5.74) is 0.0738. The molecule has 2 aromatic heterocycles. The van der Waals surface area contributed by atoms with Crippen molar-refractivity contribution < 1.29 is 22.4 Å². The lowest BCUT2D eigenvalue weighted by Gasteiger charge is -2.14. The van der Waals surface area contributed by atoms with E-state index in [0.29, 0.717) is 17.5 Å². The zero-order valence-corrected chi connectivity index (χ0v) is 12.7. The molecule has 128 valence electrons. The summed E-state index contributed by atoms with van der Waals surface area (Å²) >= 11 is 0. The van der Waals surface area contributed by atoms with Crippen molar-refractivity contribution in [1.29, 1.82) is 0 Å². The van der Waals surface area contributed by atoms with Gasteiger partial charge in [-0.3, -0.25) is 9.59 Å². The fourth-order valence-electron chi connectivity index (χ4n) is 2.72. The van der Waals surface area contributed by atoms with E-state index < -0.39 is 23.6 Å². The number of nitrogens with zero attached hydrogens (tertiary/aromatic N) is 4. The number of aromatic nitrogens is 3. The van der Waals surface area contributed by atoms with Gasteiger partial charge in [0.15, 0.2) is 5.82 Å². The number of rotatable bonds is 1. The van der Waals surface area contributed by atoms with E-state index >= 15 is 0 Å². The summed E-state index contributed by atoms with van der Waals surface area (Å²) in [7, 11) is 1.39. The molecule has 3 heterocycles. The maximum atomic E-state index is 13.9. The third-order valence-corrected chi connectivity index (χ3v) is 4.09. The van der Waals surface area contributed by atoms with Gasteiger partial charge in [0.1, 0.15) is 0 Å². The first kappa shape index (κ1) is 16.2. The topological polar surface area (TPSA) is 60.1 Å². The van der Waals surface area contributed by atoms with Crippen molar-refractivity contribution in [3.8, 4) is 0 Å². The number of alkyl halides is 3. The van der Waals surface area contributed by atoms with Gasteiger partial charge in [-0.2, -0.15) is 9.78 Å². The highest BCUT2D eigenvalue weighted by Crippen LogP contribution is 2.27. The SMILES string of the molecule is Cc1c2c(n(C)c(=O)c1F)CN(C(=O)c1cnn(C(F)(F)F)c1)C2. The lowest BCUT2D eigenvalue weighted by molar-refractivity contribution is -0.212. The van der Waals surface area contributed by atoms with E-state index in [2.05, 4.69) is 5.10 Å². The summed E-state index contributed by atoms with van der Waals surface area (Å²) in [6, 6.07) is 0. The van der Waals surface area contributed by atoms with Gasteiger partial charge in [0.2, 0.25) is 0 Å². The predicted octanol–water partition coefficient (Wildman–Crippen LogP) is 1.66. The number of carbonyl (C=O) groups excluding carboxylic acids is 1. The number of hydrogen-bond donors (Lipinski definition) is 0. The molecule has 0 fully saturated rings. The van der Waals surface area contributed by atoms with Gasteiger partial charge in [0.05, 0.1) is 18.3 Å². The lowest BCUT2D eigenvalue weighted by Crippen LogP contribution is -2.27. The van der Waals surface area contributed by atoms with Crippen molar-refractivity contribution in [2.24, 2.45) is 7.05 Å². The summed E-state index contributed by atoms with van der Waals surface area (Å²) in [4.78, 5) is 25.4. The van der Waals surface area contributed by atoms with Crippen LogP contribution in [-0.2, 0) is 26.4 Å². The van der Waals surface area contributed by atoms with Crippen LogP contribution < -0.4 is 5.56 Å². The largest absolute Gasteiger partial charge is 0.504 e. The maximum absolute atomic E-state index is 13.9. The smallest absolute Gasteiger partial charge is 0.328 e. The highest BCUT2D eigenvalue weighted by atomic mass is 19.4. The van der Waals surface area contributed by atoms with Crippen molar-refractivity contribution in [2.75, 3.05) is 0 Å². The number of amides is 1. The molecule has 0 unspecified atom stereocenters. The fraction of sp³-hybridized carbons (Fsp3) is 0.357. The van der Waals surface area contributed by atoms with Gasteiger partial charge >= 0.3 is 6.30 Å². The van der Waals surface area contributed by atoms with E-state index in [-0.39, 0.29) is 28.9 Å². The van der Waals surface area contributed by atoms with Crippen LogP contribution in [0.4, 0.5) is 17.6 Å². The second kappa shape index (κ2) is 5.18. The summed E-state index contributed by atoms with van der Waals surface area (Å²) in [5, 5.41) is 3.12. The van der Waals surface area contributed by atoms with Crippen molar-refractivity contribution in [3.05, 3.63) is 50.9 Å². The summed E-state index contributed by atoms with van der Waals surface area (Å²) in [5.74, 6) is -1.57. The number of hydrogen-bond acceptors (Lipinski definition) is 3. The van der Waals surface area contributed by atoms with Crippen molar-refractivity contribution in [3.63, 3.8) is 0 Å². The van der Waals surface area contributed by atoms with E-state index in [1.54, 1.807) is 0 Å². The minimum Gasteiger partial charge on any atom is -0.328 e. The Balaban J connectivity index is 1.92. The van der Waals surface area contributed by atoms with E-state index in [9.17, 15) is 27.2 Å². The van der Waals surface area contributed by atoms with Gasteiger partial charge in [-0.25, -0.2) is 4.39 Å². The Morgan fingerprint density at radius 3 is 2.54 bits per heavy atom. The summed E-state index contributed by atoms with van der Waals surface area (Å²) in [6.45, 7) is 1.46. The molecule has 0 spiro atoms. The molecule has 1 aliphatic heterocycles. The van der Waals surface area contributed by atoms with E-state index in [0.717, 1.165) is 10.8 Å². The third kappa shape index (κ3) is 2.38. The Bertz CT molecular complexity index is 897. The maximum Gasteiger partial charge on any atom is 0.504 e. The van der Waals surface area contributed by atoms with Crippen LogP contribution in [0.2, 0.25) is 0 Å². The number of carbonyl (C=O) groups is 1. The minimum atomic E-state index is -4.71. The summed E-state index contributed by atoms with van der Waals surface area (Å²) in [6.07, 6.45) is -3.29. The molecule has 6 nitrogen and oxygen atoms in total. The average Bonchev–Trinajstić information content (AvgIpc) is 3.16. The Morgan fingerprint density at radius 2 is 1.96 bits per heavy atom. The normalized spacial score (nSPS) is 14.2. The first-order chi connectivity index (χ1) is 11.1. The van der Waals surface area contributed by atoms with Gasteiger partial charge in [-0.1, -0.05) is 0 Å². The Labute approximate surface area is 132 Å². The molecular formula is C14H12F4N4O2. The molecule has 10 heteroatoms. The Morgan fingerprint density at radius 1 is 1.29 bits per heavy atom. The van der Waals surface area contributed by atoms with Crippen LogP contribution in [-0.4, -0.2) is 25.2 Å². The molecular weight excluding hydrogens is 332 g/mol. The summed E-state index contributed by atoms with van der Waals surface area (Å²) < 4.78 is 52.4. The van der Waals surface area contributed by atoms with Crippen LogP contribution in [0.25, 0.3) is 0 Å². The second-order valence-corrected chi connectivity index (χ2v) is 5.53. The van der Waals surface area contributed by atoms with E-state index in [4.69, 9.17) is 0 Å². The van der Waals surface area contributed by atoms with Gasteiger partial charge in [0, 0.05) is 25.5 Å². The molecule has 0 saturated carbocycles. The molecule has 0 aliphatic carbocycles. The monoisotopic (exact) mass is 344 g/mol. The molecule has 1 amide bonds. The van der Waals surface area contributed by atoms with Gasteiger partial charge in [-0.05, 0) is 18.1 Å². The van der Waals surface area contributed by atoms with Crippen LogP contribution in [0.15, 0.2) is 17.2 Å². The molecule has 24 heavy (non-hydrogen) atoms. The molecule has 0 atom stereocenters. The minimum absolute atomic E-state index is 0.0121. The first-order valence-electron chi connectivity index (χ1n) is 6.89. The quantitative estimate of drug-likeness (QED) is 0.740. The molecule has 2 aromatic rings. The van der Waals surface area contributed by atoms with Crippen LogP contribution in [0.3, 0.4) is 0 Å². The fourth-order valence-corrected chi connectivity index (χ4v) is 2.72. The van der Waals surface area contributed by atoms with E-state index in [1.807, 2.05) is 0 Å². The Hall–Kier alpha value is -2.65. The van der Waals surface area contributed by atoms with Crippen molar-refractivity contribution in [2.45, 2.75) is 26.3 Å². The molecule has 1 aliphatic rings. The number of halogens is 4. The molecule has 3 rings (SSSR count). The van der Waals surface area contributed by atoms with Gasteiger partial charge in [-0.15, -0.1) is 13.2 Å². The van der Waals surface area contributed by atoms with Crippen molar-refractivity contribution in [1.82, 2.24) is 19.2 Å². The van der Waals surface area contributed by atoms with Crippen LogP contribution in [0.1, 0.15) is 27.2 Å². The van der Waals surface area contributed by atoms with Gasteiger partial charge < -0.3 is 9.47 Å². The van der Waals surface area contributed by atoms with Crippen LogP contribution in [0.5, 0.6) is 0 Å². The third-order valence-electron chi connectivity index (χ3n) is 4.09.